The first-order chi connectivity index (χ1) is 25.7. The van der Waals surface area contributed by atoms with E-state index in [9.17, 15) is 0 Å². The van der Waals surface area contributed by atoms with Crippen molar-refractivity contribution in [3.63, 3.8) is 0 Å². The molecular formula is C45H25BrN4OS. The summed E-state index contributed by atoms with van der Waals surface area (Å²) < 4.78 is 12.0. The van der Waals surface area contributed by atoms with Crippen LogP contribution < -0.4 is 0 Å². The van der Waals surface area contributed by atoms with Gasteiger partial charge in [-0.3, -0.25) is 4.57 Å². The number of rotatable bonds is 4. The molecule has 0 fully saturated rings. The minimum Gasteiger partial charge on any atom is -0.456 e. The Balaban J connectivity index is 1.22. The van der Waals surface area contributed by atoms with Crippen LogP contribution in [0.25, 0.3) is 104 Å². The van der Waals surface area contributed by atoms with Crippen molar-refractivity contribution in [3.05, 3.63) is 156 Å². The summed E-state index contributed by atoms with van der Waals surface area (Å²) in [5, 5.41) is 7.02. The number of fused-ring (bicyclic) bond motifs is 10. The minimum atomic E-state index is 0.581. The van der Waals surface area contributed by atoms with E-state index in [-0.39, 0.29) is 0 Å². The summed E-state index contributed by atoms with van der Waals surface area (Å²) in [6, 6.07) is 52.7. The second kappa shape index (κ2) is 11.4. The van der Waals surface area contributed by atoms with E-state index >= 15 is 0 Å². The lowest BCUT2D eigenvalue weighted by Gasteiger charge is -2.11. The summed E-state index contributed by atoms with van der Waals surface area (Å²) >= 11 is 5.60. The molecule has 0 aliphatic carbocycles. The highest BCUT2D eigenvalue weighted by molar-refractivity contribution is 9.10. The van der Waals surface area contributed by atoms with E-state index in [4.69, 9.17) is 19.4 Å². The average molecular weight is 750 g/mol. The molecule has 4 heterocycles. The van der Waals surface area contributed by atoms with Crippen molar-refractivity contribution in [2.75, 3.05) is 0 Å². The molecule has 7 heteroatoms. The van der Waals surface area contributed by atoms with Gasteiger partial charge in [-0.15, -0.1) is 11.3 Å². The van der Waals surface area contributed by atoms with Crippen molar-refractivity contribution < 1.29 is 4.42 Å². The van der Waals surface area contributed by atoms with Crippen LogP contribution >= 0.6 is 27.3 Å². The molecule has 0 bridgehead atoms. The van der Waals surface area contributed by atoms with Crippen LogP contribution in [0.2, 0.25) is 0 Å². The van der Waals surface area contributed by atoms with Crippen LogP contribution in [0.1, 0.15) is 0 Å². The Kier molecular flexibility index (Phi) is 6.50. The molecule has 0 atom stereocenters. The molecule has 11 aromatic rings. The first-order valence-corrected chi connectivity index (χ1v) is 18.7. The van der Waals surface area contributed by atoms with E-state index in [0.29, 0.717) is 17.6 Å². The lowest BCUT2D eigenvalue weighted by atomic mass is 10.00. The SMILES string of the molecule is Brc1cccc2oc3ccc(-c4ccc5c(c4)c4c6sc7ccccc7c6ccc4n5-c4nc(-c5ccccc5)nc(-c5ccccc5)n4)cc3c12. The fourth-order valence-electron chi connectivity index (χ4n) is 7.54. The Morgan fingerprint density at radius 2 is 1.15 bits per heavy atom. The Morgan fingerprint density at radius 3 is 1.92 bits per heavy atom. The van der Waals surface area contributed by atoms with Crippen molar-refractivity contribution in [2.24, 2.45) is 0 Å². The molecule has 0 aliphatic heterocycles. The van der Waals surface area contributed by atoms with Gasteiger partial charge in [0.05, 0.1) is 11.0 Å². The number of hydrogen-bond acceptors (Lipinski definition) is 5. The monoisotopic (exact) mass is 748 g/mol. The summed E-state index contributed by atoms with van der Waals surface area (Å²) in [5.74, 6) is 1.84. The summed E-state index contributed by atoms with van der Waals surface area (Å²) in [7, 11) is 0. The number of hydrogen-bond donors (Lipinski definition) is 0. The van der Waals surface area contributed by atoms with Gasteiger partial charge in [-0.25, -0.2) is 4.98 Å². The number of halogens is 1. The fourth-order valence-corrected chi connectivity index (χ4v) is 9.36. The van der Waals surface area contributed by atoms with Gasteiger partial charge in [-0.1, -0.05) is 119 Å². The van der Waals surface area contributed by atoms with Crippen LogP contribution in [0.5, 0.6) is 0 Å². The molecule has 0 saturated carbocycles. The van der Waals surface area contributed by atoms with Gasteiger partial charge in [0, 0.05) is 57.3 Å². The molecule has 244 valence electrons. The topological polar surface area (TPSA) is 56.7 Å². The number of nitrogens with zero attached hydrogens (tertiary/aromatic N) is 4. The van der Waals surface area contributed by atoms with E-state index in [1.807, 2.05) is 84.1 Å². The molecule has 0 spiro atoms. The highest BCUT2D eigenvalue weighted by atomic mass is 79.9. The molecule has 7 aromatic carbocycles. The Morgan fingerprint density at radius 1 is 0.481 bits per heavy atom. The maximum absolute atomic E-state index is 6.21. The highest BCUT2D eigenvalue weighted by Gasteiger charge is 2.22. The fraction of sp³-hybridized carbons (Fsp3) is 0. The van der Waals surface area contributed by atoms with Crippen LogP contribution in [0.4, 0.5) is 0 Å². The third-order valence-corrected chi connectivity index (χ3v) is 11.8. The van der Waals surface area contributed by atoms with E-state index in [1.165, 1.54) is 25.6 Å². The highest BCUT2D eigenvalue weighted by Crippen LogP contribution is 2.44. The Labute approximate surface area is 309 Å². The van der Waals surface area contributed by atoms with Crippen molar-refractivity contribution in [3.8, 4) is 39.9 Å². The standard InChI is InChI=1S/C45H25BrN4OS/c46-34-15-9-16-38-40(34)33-25-29(19-23-37(33)51-38)28-18-21-35-32(24-28)41-36(22-20-31-30-14-7-8-17-39(30)52-42(31)41)50(35)45-48-43(26-10-3-1-4-11-26)47-44(49-45)27-12-5-2-6-13-27/h1-25H. The Bertz CT molecular complexity index is 3140. The van der Waals surface area contributed by atoms with Gasteiger partial charge in [0.2, 0.25) is 5.95 Å². The molecule has 0 aliphatic rings. The Hall–Kier alpha value is -6.15. The summed E-state index contributed by atoms with van der Waals surface area (Å²) in [5.41, 5.74) is 7.94. The number of thiophene rings is 1. The van der Waals surface area contributed by atoms with Crippen LogP contribution in [-0.4, -0.2) is 19.5 Å². The van der Waals surface area contributed by atoms with Crippen LogP contribution in [0.3, 0.4) is 0 Å². The average Bonchev–Trinajstić information content (AvgIpc) is 3.88. The second-order valence-electron chi connectivity index (χ2n) is 12.9. The smallest absolute Gasteiger partial charge is 0.238 e. The van der Waals surface area contributed by atoms with Gasteiger partial charge in [-0.2, -0.15) is 9.97 Å². The first kappa shape index (κ1) is 29.6. The van der Waals surface area contributed by atoms with E-state index < -0.39 is 0 Å². The number of furan rings is 1. The van der Waals surface area contributed by atoms with Crippen molar-refractivity contribution in [2.45, 2.75) is 0 Å². The normalized spacial score (nSPS) is 11.9. The van der Waals surface area contributed by atoms with Crippen LogP contribution in [-0.2, 0) is 0 Å². The van der Waals surface area contributed by atoms with E-state index in [1.54, 1.807) is 0 Å². The zero-order valence-corrected chi connectivity index (χ0v) is 29.8. The maximum Gasteiger partial charge on any atom is 0.238 e. The molecule has 5 nitrogen and oxygen atoms in total. The third kappa shape index (κ3) is 4.49. The van der Waals surface area contributed by atoms with Crippen molar-refractivity contribution in [1.82, 2.24) is 19.5 Å². The predicted octanol–water partition coefficient (Wildman–Crippen LogP) is 13.0. The van der Waals surface area contributed by atoms with Crippen LogP contribution in [0.15, 0.2) is 161 Å². The molecule has 4 aromatic heterocycles. The molecule has 11 rings (SSSR count). The van der Waals surface area contributed by atoms with E-state index in [0.717, 1.165) is 65.1 Å². The third-order valence-electron chi connectivity index (χ3n) is 9.94. The minimum absolute atomic E-state index is 0.581. The van der Waals surface area contributed by atoms with Gasteiger partial charge in [0.1, 0.15) is 11.2 Å². The lowest BCUT2D eigenvalue weighted by molar-refractivity contribution is 0.669. The summed E-state index contributed by atoms with van der Waals surface area (Å²) in [4.78, 5) is 15.3. The van der Waals surface area contributed by atoms with E-state index in [2.05, 4.69) is 99.4 Å². The molecule has 0 unspecified atom stereocenters. The van der Waals surface area contributed by atoms with Crippen molar-refractivity contribution >= 4 is 91.2 Å². The van der Waals surface area contributed by atoms with Crippen LogP contribution in [0, 0.1) is 0 Å². The van der Waals surface area contributed by atoms with Gasteiger partial charge in [0.15, 0.2) is 11.6 Å². The molecule has 0 amide bonds. The van der Waals surface area contributed by atoms with Gasteiger partial charge >= 0.3 is 0 Å². The van der Waals surface area contributed by atoms with Crippen molar-refractivity contribution in [1.29, 1.82) is 0 Å². The second-order valence-corrected chi connectivity index (χ2v) is 14.8. The van der Waals surface area contributed by atoms with Gasteiger partial charge < -0.3 is 4.42 Å². The zero-order chi connectivity index (χ0) is 34.3. The summed E-state index contributed by atoms with van der Waals surface area (Å²) in [6.07, 6.45) is 0. The molecule has 0 N–H and O–H groups in total. The maximum atomic E-state index is 6.21. The quantitative estimate of drug-likeness (QED) is 0.180. The molecular weight excluding hydrogens is 724 g/mol. The number of aromatic nitrogens is 4. The van der Waals surface area contributed by atoms with Gasteiger partial charge in [0.25, 0.3) is 0 Å². The summed E-state index contributed by atoms with van der Waals surface area (Å²) in [6.45, 7) is 0. The molecule has 0 saturated heterocycles. The predicted molar refractivity (Wildman–Crippen MR) is 218 cm³/mol. The molecule has 0 radical (unpaired) electrons. The number of benzene rings is 7. The zero-order valence-electron chi connectivity index (χ0n) is 27.4. The first-order valence-electron chi connectivity index (χ1n) is 17.0. The van der Waals surface area contributed by atoms with Gasteiger partial charge in [-0.05, 0) is 59.7 Å². The lowest BCUT2D eigenvalue weighted by Crippen LogP contribution is -2.06. The molecule has 52 heavy (non-hydrogen) atoms. The largest absolute Gasteiger partial charge is 0.456 e.